The Bertz CT molecular complexity index is 634. The standard InChI is InChI=1S/C15H18FN3O2/c1-20-13-6-3-9(7-14(13)21-2)15(19-18)11-8-10(16)4-5-12(11)17/h3-8,15,19H,17-18H2,1-2H3. The average Bonchev–Trinajstić information content (AvgIpc) is 2.51. The number of hydrogen-bond donors (Lipinski definition) is 3. The second-order valence-electron chi connectivity index (χ2n) is 4.49. The molecule has 2 rings (SSSR count). The van der Waals surface area contributed by atoms with E-state index in [1.807, 2.05) is 6.07 Å². The highest BCUT2D eigenvalue weighted by Crippen LogP contribution is 2.33. The van der Waals surface area contributed by atoms with Crippen molar-refractivity contribution in [2.45, 2.75) is 6.04 Å². The number of anilines is 1. The van der Waals surface area contributed by atoms with Crippen LogP contribution in [0.4, 0.5) is 10.1 Å². The summed E-state index contributed by atoms with van der Waals surface area (Å²) in [5.41, 5.74) is 10.4. The molecule has 0 spiro atoms. The largest absolute Gasteiger partial charge is 0.493 e. The second kappa shape index (κ2) is 6.43. The first-order valence-electron chi connectivity index (χ1n) is 6.33. The Morgan fingerprint density at radius 2 is 1.76 bits per heavy atom. The van der Waals surface area contributed by atoms with Crippen LogP contribution in [-0.2, 0) is 0 Å². The van der Waals surface area contributed by atoms with Gasteiger partial charge in [-0.05, 0) is 35.9 Å². The monoisotopic (exact) mass is 291 g/mol. The van der Waals surface area contributed by atoms with Crippen molar-refractivity contribution in [1.29, 1.82) is 0 Å². The van der Waals surface area contributed by atoms with Crippen LogP contribution in [0.15, 0.2) is 36.4 Å². The molecule has 21 heavy (non-hydrogen) atoms. The third-order valence-electron chi connectivity index (χ3n) is 3.27. The zero-order valence-electron chi connectivity index (χ0n) is 11.9. The van der Waals surface area contributed by atoms with E-state index in [2.05, 4.69) is 5.43 Å². The van der Waals surface area contributed by atoms with E-state index >= 15 is 0 Å². The molecule has 0 radical (unpaired) electrons. The number of benzene rings is 2. The van der Waals surface area contributed by atoms with E-state index in [-0.39, 0.29) is 5.82 Å². The number of hydrogen-bond acceptors (Lipinski definition) is 5. The van der Waals surface area contributed by atoms with Gasteiger partial charge in [0.25, 0.3) is 0 Å². The molecule has 112 valence electrons. The van der Waals surface area contributed by atoms with Crippen molar-refractivity contribution in [2.24, 2.45) is 5.84 Å². The van der Waals surface area contributed by atoms with Crippen molar-refractivity contribution in [3.63, 3.8) is 0 Å². The summed E-state index contributed by atoms with van der Waals surface area (Å²) >= 11 is 0. The van der Waals surface area contributed by atoms with Crippen molar-refractivity contribution >= 4 is 5.69 Å². The molecule has 1 atom stereocenters. The summed E-state index contributed by atoms with van der Waals surface area (Å²) in [7, 11) is 3.10. The van der Waals surface area contributed by atoms with E-state index in [0.717, 1.165) is 5.56 Å². The molecule has 0 amide bonds. The Hall–Kier alpha value is -2.31. The number of ether oxygens (including phenoxy) is 2. The highest BCUT2D eigenvalue weighted by atomic mass is 19.1. The minimum atomic E-state index is -0.458. The maximum absolute atomic E-state index is 13.5. The van der Waals surface area contributed by atoms with Gasteiger partial charge in [-0.25, -0.2) is 9.82 Å². The summed E-state index contributed by atoms with van der Waals surface area (Å²) in [6.07, 6.45) is 0. The second-order valence-corrected chi connectivity index (χ2v) is 4.49. The molecule has 0 heterocycles. The number of rotatable bonds is 5. The molecule has 0 saturated carbocycles. The van der Waals surface area contributed by atoms with Crippen LogP contribution in [0.1, 0.15) is 17.2 Å². The fraction of sp³-hybridized carbons (Fsp3) is 0.200. The number of nitrogens with one attached hydrogen (secondary N) is 1. The molecule has 0 fully saturated rings. The molecule has 0 aromatic heterocycles. The van der Waals surface area contributed by atoms with Gasteiger partial charge < -0.3 is 15.2 Å². The number of halogens is 1. The van der Waals surface area contributed by atoms with E-state index in [9.17, 15) is 4.39 Å². The molecule has 0 aliphatic heterocycles. The Morgan fingerprint density at radius 3 is 2.38 bits per heavy atom. The number of nitrogens with two attached hydrogens (primary N) is 2. The zero-order chi connectivity index (χ0) is 15.4. The number of methoxy groups -OCH3 is 2. The van der Waals surface area contributed by atoms with E-state index in [4.69, 9.17) is 21.1 Å². The van der Waals surface area contributed by atoms with Crippen LogP contribution >= 0.6 is 0 Å². The van der Waals surface area contributed by atoms with Gasteiger partial charge in [-0.15, -0.1) is 0 Å². The summed E-state index contributed by atoms with van der Waals surface area (Å²) < 4.78 is 23.9. The van der Waals surface area contributed by atoms with Gasteiger partial charge in [0.15, 0.2) is 11.5 Å². The van der Waals surface area contributed by atoms with Crippen LogP contribution in [0, 0.1) is 5.82 Å². The normalized spacial score (nSPS) is 12.0. The summed E-state index contributed by atoms with van der Waals surface area (Å²) in [4.78, 5) is 0. The molecule has 0 saturated heterocycles. The lowest BCUT2D eigenvalue weighted by Crippen LogP contribution is -2.29. The Kier molecular flexibility index (Phi) is 4.62. The number of hydrazine groups is 1. The van der Waals surface area contributed by atoms with Crippen molar-refractivity contribution in [3.8, 4) is 11.5 Å². The highest BCUT2D eigenvalue weighted by molar-refractivity contribution is 5.53. The third kappa shape index (κ3) is 3.07. The van der Waals surface area contributed by atoms with Crippen molar-refractivity contribution in [3.05, 3.63) is 53.3 Å². The minimum Gasteiger partial charge on any atom is -0.493 e. The van der Waals surface area contributed by atoms with Crippen molar-refractivity contribution in [2.75, 3.05) is 20.0 Å². The van der Waals surface area contributed by atoms with Crippen LogP contribution < -0.4 is 26.5 Å². The lowest BCUT2D eigenvalue weighted by Gasteiger charge is -2.20. The summed E-state index contributed by atoms with van der Waals surface area (Å²) in [6.45, 7) is 0. The fourth-order valence-corrected chi connectivity index (χ4v) is 2.19. The SMILES string of the molecule is COc1ccc(C(NN)c2cc(F)ccc2N)cc1OC. The van der Waals surface area contributed by atoms with E-state index < -0.39 is 6.04 Å². The fourth-order valence-electron chi connectivity index (χ4n) is 2.19. The first-order valence-corrected chi connectivity index (χ1v) is 6.33. The molecule has 1 unspecified atom stereocenters. The van der Waals surface area contributed by atoms with Crippen LogP contribution in [0.2, 0.25) is 0 Å². The molecule has 0 aliphatic carbocycles. The Balaban J connectivity index is 2.48. The predicted octanol–water partition coefficient (Wildman–Crippen LogP) is 1.98. The average molecular weight is 291 g/mol. The van der Waals surface area contributed by atoms with Crippen LogP contribution in [0.25, 0.3) is 0 Å². The first-order chi connectivity index (χ1) is 10.1. The van der Waals surface area contributed by atoms with Gasteiger partial charge in [-0.3, -0.25) is 5.84 Å². The van der Waals surface area contributed by atoms with Crippen molar-refractivity contribution in [1.82, 2.24) is 5.43 Å². The van der Waals surface area contributed by atoms with Crippen LogP contribution in [0.3, 0.4) is 0 Å². The molecule has 0 aliphatic rings. The van der Waals surface area contributed by atoms with Gasteiger partial charge in [-0.2, -0.15) is 0 Å². The molecule has 5 N–H and O–H groups in total. The topological polar surface area (TPSA) is 82.5 Å². The zero-order valence-corrected chi connectivity index (χ0v) is 11.9. The predicted molar refractivity (Wildman–Crippen MR) is 79.5 cm³/mol. The van der Waals surface area contributed by atoms with Gasteiger partial charge in [-0.1, -0.05) is 6.07 Å². The maximum atomic E-state index is 13.5. The molecule has 5 nitrogen and oxygen atoms in total. The van der Waals surface area contributed by atoms with E-state index in [0.29, 0.717) is 22.7 Å². The van der Waals surface area contributed by atoms with Gasteiger partial charge in [0, 0.05) is 11.3 Å². The summed E-state index contributed by atoms with van der Waals surface area (Å²) in [5.74, 6) is 6.40. The van der Waals surface area contributed by atoms with Gasteiger partial charge in [0.1, 0.15) is 5.82 Å². The molecule has 0 bridgehead atoms. The van der Waals surface area contributed by atoms with Crippen molar-refractivity contribution < 1.29 is 13.9 Å². The van der Waals surface area contributed by atoms with Gasteiger partial charge >= 0.3 is 0 Å². The van der Waals surface area contributed by atoms with Gasteiger partial charge in [0.2, 0.25) is 0 Å². The molecular weight excluding hydrogens is 273 g/mol. The molecular formula is C15H18FN3O2. The first kappa shape index (κ1) is 15.1. The van der Waals surface area contributed by atoms with E-state index in [1.54, 1.807) is 26.4 Å². The Morgan fingerprint density at radius 1 is 1.05 bits per heavy atom. The molecule has 2 aromatic carbocycles. The van der Waals surface area contributed by atoms with Gasteiger partial charge in [0.05, 0.1) is 20.3 Å². The summed E-state index contributed by atoms with van der Waals surface area (Å²) in [5, 5.41) is 0. The highest BCUT2D eigenvalue weighted by Gasteiger charge is 2.18. The maximum Gasteiger partial charge on any atom is 0.161 e. The lowest BCUT2D eigenvalue weighted by atomic mass is 9.97. The molecule has 2 aromatic rings. The third-order valence-corrected chi connectivity index (χ3v) is 3.27. The minimum absolute atomic E-state index is 0.375. The lowest BCUT2D eigenvalue weighted by molar-refractivity contribution is 0.354. The van der Waals surface area contributed by atoms with Crippen LogP contribution in [0.5, 0.6) is 11.5 Å². The van der Waals surface area contributed by atoms with Crippen LogP contribution in [-0.4, -0.2) is 14.2 Å². The quantitative estimate of drug-likeness (QED) is 0.446. The Labute approximate surface area is 122 Å². The van der Waals surface area contributed by atoms with E-state index in [1.165, 1.54) is 18.2 Å². The smallest absolute Gasteiger partial charge is 0.161 e. The summed E-state index contributed by atoms with van der Waals surface area (Å²) in [6, 6.07) is 9.06. The molecule has 6 heteroatoms. The number of nitrogen functional groups attached to an aromatic ring is 1.